The predicted molar refractivity (Wildman–Crippen MR) is 52.3 cm³/mol. The van der Waals surface area contributed by atoms with E-state index in [1.54, 1.807) is 6.20 Å². The van der Waals surface area contributed by atoms with E-state index in [1.807, 2.05) is 7.05 Å². The fourth-order valence-electron chi connectivity index (χ4n) is 1.45. The van der Waals surface area contributed by atoms with Crippen LogP contribution in [0.2, 0.25) is 0 Å². The molecule has 0 saturated carbocycles. The summed E-state index contributed by atoms with van der Waals surface area (Å²) in [4.78, 5) is 6.32. The van der Waals surface area contributed by atoms with Gasteiger partial charge in [0.1, 0.15) is 5.76 Å². The van der Waals surface area contributed by atoms with Gasteiger partial charge in [0, 0.05) is 13.1 Å². The molecule has 1 saturated heterocycles. The maximum absolute atomic E-state index is 5.56. The molecule has 2 heterocycles. The van der Waals surface area contributed by atoms with Crippen molar-refractivity contribution in [3.8, 4) is 0 Å². The molecular weight excluding hydrogens is 182 g/mol. The van der Waals surface area contributed by atoms with Gasteiger partial charge in [0.05, 0.1) is 26.0 Å². The third-order valence-electron chi connectivity index (χ3n) is 2.17. The molecule has 0 radical (unpaired) electrons. The first-order chi connectivity index (χ1) is 6.90. The van der Waals surface area contributed by atoms with Gasteiger partial charge in [-0.2, -0.15) is 0 Å². The fourth-order valence-corrected chi connectivity index (χ4v) is 1.45. The Labute approximate surface area is 83.1 Å². The number of morpholine rings is 1. The molecule has 1 N–H and O–H groups in total. The summed E-state index contributed by atoms with van der Waals surface area (Å²) in [5, 5.41) is 3.02. The normalized spacial score (nSPS) is 17.4. The van der Waals surface area contributed by atoms with Crippen molar-refractivity contribution in [3.05, 3.63) is 12.0 Å². The van der Waals surface area contributed by atoms with Crippen LogP contribution in [0.15, 0.2) is 10.6 Å². The summed E-state index contributed by atoms with van der Waals surface area (Å²) in [5.74, 6) is 0.869. The van der Waals surface area contributed by atoms with Gasteiger partial charge in [-0.15, -0.1) is 0 Å². The number of anilines is 1. The van der Waals surface area contributed by atoms with E-state index in [1.165, 1.54) is 0 Å². The van der Waals surface area contributed by atoms with E-state index in [0.29, 0.717) is 6.01 Å². The summed E-state index contributed by atoms with van der Waals surface area (Å²) in [6, 6.07) is 0.707. The topological polar surface area (TPSA) is 50.5 Å². The molecule has 0 aliphatic carbocycles. The highest BCUT2D eigenvalue weighted by atomic mass is 16.5. The molecule has 1 fully saturated rings. The Morgan fingerprint density at radius 2 is 2.29 bits per heavy atom. The van der Waals surface area contributed by atoms with Gasteiger partial charge in [-0.1, -0.05) is 0 Å². The SMILES string of the molecule is CNCc1cnc(N2CCOCC2)o1. The van der Waals surface area contributed by atoms with Gasteiger partial charge in [-0.25, -0.2) is 4.98 Å². The van der Waals surface area contributed by atoms with Crippen molar-refractivity contribution in [1.29, 1.82) is 0 Å². The first kappa shape index (κ1) is 9.48. The average Bonchev–Trinajstić information content (AvgIpc) is 2.68. The summed E-state index contributed by atoms with van der Waals surface area (Å²) in [7, 11) is 1.89. The van der Waals surface area contributed by atoms with Gasteiger partial charge in [0.2, 0.25) is 0 Å². The smallest absolute Gasteiger partial charge is 0.297 e. The Balaban J connectivity index is 2.00. The molecule has 0 amide bonds. The van der Waals surface area contributed by atoms with Gasteiger partial charge in [-0.3, -0.25) is 0 Å². The van der Waals surface area contributed by atoms with Crippen LogP contribution in [0.25, 0.3) is 0 Å². The second-order valence-corrected chi connectivity index (χ2v) is 3.24. The lowest BCUT2D eigenvalue weighted by atomic mass is 10.5. The van der Waals surface area contributed by atoms with E-state index >= 15 is 0 Å². The molecule has 1 aliphatic rings. The van der Waals surface area contributed by atoms with Crippen LogP contribution in [0.3, 0.4) is 0 Å². The maximum Gasteiger partial charge on any atom is 0.297 e. The van der Waals surface area contributed by atoms with Crippen molar-refractivity contribution in [2.24, 2.45) is 0 Å². The zero-order valence-corrected chi connectivity index (χ0v) is 8.32. The van der Waals surface area contributed by atoms with E-state index < -0.39 is 0 Å². The molecule has 1 aromatic rings. The van der Waals surface area contributed by atoms with E-state index in [2.05, 4.69) is 15.2 Å². The van der Waals surface area contributed by atoms with Crippen LogP contribution < -0.4 is 10.2 Å². The van der Waals surface area contributed by atoms with Gasteiger partial charge in [0.15, 0.2) is 0 Å². The third kappa shape index (κ3) is 2.05. The number of oxazole rings is 1. The number of hydrogen-bond acceptors (Lipinski definition) is 5. The molecule has 5 heteroatoms. The Bertz CT molecular complexity index is 281. The summed E-state index contributed by atoms with van der Waals surface area (Å²) in [6.45, 7) is 3.95. The molecule has 0 aromatic carbocycles. The van der Waals surface area contributed by atoms with Crippen LogP contribution >= 0.6 is 0 Å². The molecule has 14 heavy (non-hydrogen) atoms. The molecular formula is C9H15N3O2. The quantitative estimate of drug-likeness (QED) is 0.751. The van der Waals surface area contributed by atoms with Crippen LogP contribution in [0.5, 0.6) is 0 Å². The lowest BCUT2D eigenvalue weighted by molar-refractivity contribution is 0.120. The van der Waals surface area contributed by atoms with Crippen molar-refractivity contribution in [3.63, 3.8) is 0 Å². The van der Waals surface area contributed by atoms with Crippen molar-refractivity contribution in [2.75, 3.05) is 38.3 Å². The third-order valence-corrected chi connectivity index (χ3v) is 2.17. The minimum atomic E-state index is 0.707. The van der Waals surface area contributed by atoms with Crippen molar-refractivity contribution in [2.45, 2.75) is 6.54 Å². The van der Waals surface area contributed by atoms with Crippen LogP contribution in [0.1, 0.15) is 5.76 Å². The van der Waals surface area contributed by atoms with Gasteiger partial charge < -0.3 is 19.4 Å². The van der Waals surface area contributed by atoms with Crippen LogP contribution in [0, 0.1) is 0 Å². The number of hydrogen-bond donors (Lipinski definition) is 1. The van der Waals surface area contributed by atoms with Crippen molar-refractivity contribution in [1.82, 2.24) is 10.3 Å². The largest absolute Gasteiger partial charge is 0.427 e. The van der Waals surface area contributed by atoms with Crippen LogP contribution in [-0.4, -0.2) is 38.3 Å². The molecule has 5 nitrogen and oxygen atoms in total. The van der Waals surface area contributed by atoms with Gasteiger partial charge in [0.25, 0.3) is 6.01 Å². The molecule has 1 aliphatic heterocycles. The number of rotatable bonds is 3. The van der Waals surface area contributed by atoms with Crippen molar-refractivity contribution >= 4 is 6.01 Å². The Kier molecular flexibility index (Phi) is 3.00. The summed E-state index contributed by atoms with van der Waals surface area (Å²) < 4.78 is 10.8. The van der Waals surface area contributed by atoms with E-state index in [-0.39, 0.29) is 0 Å². The zero-order chi connectivity index (χ0) is 9.80. The molecule has 0 atom stereocenters. The predicted octanol–water partition coefficient (Wildman–Crippen LogP) is 0.231. The Morgan fingerprint density at radius 3 is 3.00 bits per heavy atom. The van der Waals surface area contributed by atoms with E-state index in [9.17, 15) is 0 Å². The van der Waals surface area contributed by atoms with E-state index in [0.717, 1.165) is 38.6 Å². The lowest BCUT2D eigenvalue weighted by Gasteiger charge is -2.24. The second kappa shape index (κ2) is 4.43. The monoisotopic (exact) mass is 197 g/mol. The summed E-state index contributed by atoms with van der Waals surface area (Å²) >= 11 is 0. The molecule has 0 unspecified atom stereocenters. The van der Waals surface area contributed by atoms with Crippen LogP contribution in [-0.2, 0) is 11.3 Å². The van der Waals surface area contributed by atoms with E-state index in [4.69, 9.17) is 9.15 Å². The highest BCUT2D eigenvalue weighted by Gasteiger charge is 2.15. The lowest BCUT2D eigenvalue weighted by Crippen LogP contribution is -2.36. The summed E-state index contributed by atoms with van der Waals surface area (Å²) in [6.07, 6.45) is 1.77. The number of nitrogens with zero attached hydrogens (tertiary/aromatic N) is 2. The molecule has 1 aromatic heterocycles. The highest BCUT2D eigenvalue weighted by molar-refractivity contribution is 5.26. The van der Waals surface area contributed by atoms with Gasteiger partial charge >= 0.3 is 0 Å². The molecule has 2 rings (SSSR count). The Morgan fingerprint density at radius 1 is 1.50 bits per heavy atom. The minimum absolute atomic E-state index is 0.707. The highest BCUT2D eigenvalue weighted by Crippen LogP contribution is 2.15. The summed E-state index contributed by atoms with van der Waals surface area (Å²) in [5.41, 5.74) is 0. The van der Waals surface area contributed by atoms with Crippen LogP contribution in [0.4, 0.5) is 6.01 Å². The molecule has 78 valence electrons. The standard InChI is InChI=1S/C9H15N3O2/c1-10-6-8-7-11-9(14-8)12-2-4-13-5-3-12/h7,10H,2-6H2,1H3. The van der Waals surface area contributed by atoms with Gasteiger partial charge in [-0.05, 0) is 7.05 Å². The number of aromatic nitrogens is 1. The first-order valence-electron chi connectivity index (χ1n) is 4.82. The molecule has 0 bridgehead atoms. The minimum Gasteiger partial charge on any atom is -0.427 e. The molecule has 0 spiro atoms. The second-order valence-electron chi connectivity index (χ2n) is 3.24. The zero-order valence-electron chi connectivity index (χ0n) is 8.32. The fraction of sp³-hybridized carbons (Fsp3) is 0.667. The number of nitrogens with one attached hydrogen (secondary N) is 1. The Hall–Kier alpha value is -1.07. The average molecular weight is 197 g/mol. The first-order valence-corrected chi connectivity index (χ1v) is 4.82. The maximum atomic E-state index is 5.56. The number of ether oxygens (including phenoxy) is 1. The van der Waals surface area contributed by atoms with Crippen molar-refractivity contribution < 1.29 is 9.15 Å².